The minimum Gasteiger partial charge on any atom is -0.480 e. The third-order valence-electron chi connectivity index (χ3n) is 1.55. The highest BCUT2D eigenvalue weighted by atomic mass is 35.5. The van der Waals surface area contributed by atoms with Crippen LogP contribution in [0.2, 0.25) is 0 Å². The molecule has 4 N–H and O–H groups in total. The average molecular weight is 265 g/mol. The number of hydrogen-bond acceptors (Lipinski definition) is 3. The lowest BCUT2D eigenvalue weighted by molar-refractivity contribution is -0.173. The maximum atomic E-state index is 11.6. The van der Waals surface area contributed by atoms with E-state index in [1.807, 2.05) is 0 Å². The fourth-order valence-electron chi connectivity index (χ4n) is 0.748. The molecule has 9 heteroatoms. The number of hydrogen-bond donors (Lipinski definition) is 3. The van der Waals surface area contributed by atoms with Crippen LogP contribution in [0.1, 0.15) is 12.8 Å². The molecule has 0 spiro atoms. The van der Waals surface area contributed by atoms with Crippen molar-refractivity contribution < 1.29 is 27.9 Å². The molecular weight excluding hydrogens is 253 g/mol. The number of carboxylic acid groups (broad SMARTS) is 1. The van der Waals surface area contributed by atoms with Crippen molar-refractivity contribution in [3.8, 4) is 0 Å². The fraction of sp³-hybridized carbons (Fsp3) is 0.714. The van der Waals surface area contributed by atoms with Gasteiger partial charge >= 0.3 is 18.1 Å². The zero-order chi connectivity index (χ0) is 12.1. The third-order valence-corrected chi connectivity index (χ3v) is 1.55. The zero-order valence-electron chi connectivity index (χ0n) is 8.08. The molecule has 0 heterocycles. The summed E-state index contributed by atoms with van der Waals surface area (Å²) in [6.45, 7) is -0.251. The number of rotatable bonds is 5. The van der Waals surface area contributed by atoms with Crippen molar-refractivity contribution >= 4 is 24.3 Å². The summed E-state index contributed by atoms with van der Waals surface area (Å²) in [6, 6.07) is -1.12. The second kappa shape index (κ2) is 7.29. The standard InChI is InChI=1S/C7H11F3N2O3.ClH/c8-7(9,10)6(15)12-3-1-2-4(11)5(13)14;/h4H,1-3,11H2,(H,12,15)(H,13,14);1H. The Morgan fingerprint density at radius 2 is 1.88 bits per heavy atom. The number of halogens is 4. The van der Waals surface area contributed by atoms with Gasteiger partial charge in [0.1, 0.15) is 6.04 Å². The van der Waals surface area contributed by atoms with E-state index in [1.165, 1.54) is 0 Å². The lowest BCUT2D eigenvalue weighted by Crippen LogP contribution is -2.38. The third kappa shape index (κ3) is 7.30. The van der Waals surface area contributed by atoms with Gasteiger partial charge in [0.25, 0.3) is 0 Å². The highest BCUT2D eigenvalue weighted by Crippen LogP contribution is 2.13. The van der Waals surface area contributed by atoms with Gasteiger partial charge in [-0.15, -0.1) is 12.4 Å². The molecule has 0 aliphatic rings. The predicted molar refractivity (Wildman–Crippen MR) is 51.2 cm³/mol. The van der Waals surface area contributed by atoms with Crippen LogP contribution in [-0.2, 0) is 9.59 Å². The molecule has 0 bridgehead atoms. The Bertz CT molecular complexity index is 248. The zero-order valence-corrected chi connectivity index (χ0v) is 8.90. The highest BCUT2D eigenvalue weighted by molar-refractivity contribution is 5.85. The van der Waals surface area contributed by atoms with E-state index < -0.39 is 24.1 Å². The van der Waals surface area contributed by atoms with E-state index in [1.54, 1.807) is 5.32 Å². The van der Waals surface area contributed by atoms with Crippen molar-refractivity contribution in [3.05, 3.63) is 0 Å². The number of alkyl halides is 3. The maximum absolute atomic E-state index is 11.6. The molecule has 1 unspecified atom stereocenters. The minimum absolute atomic E-state index is 0. The SMILES string of the molecule is Cl.NC(CCCNC(=O)C(F)(F)F)C(=O)O. The van der Waals surface area contributed by atoms with Crippen LogP contribution in [0.3, 0.4) is 0 Å². The van der Waals surface area contributed by atoms with Crippen molar-refractivity contribution in [2.75, 3.05) is 6.54 Å². The molecule has 0 aromatic heterocycles. The van der Waals surface area contributed by atoms with Gasteiger partial charge in [-0.1, -0.05) is 0 Å². The summed E-state index contributed by atoms with van der Waals surface area (Å²) in [5.41, 5.74) is 5.08. The Hall–Kier alpha value is -1.02. The van der Waals surface area contributed by atoms with E-state index in [-0.39, 0.29) is 31.8 Å². The van der Waals surface area contributed by atoms with Gasteiger partial charge in [0.2, 0.25) is 0 Å². The second-order valence-corrected chi connectivity index (χ2v) is 2.84. The van der Waals surface area contributed by atoms with Crippen LogP contribution >= 0.6 is 12.4 Å². The van der Waals surface area contributed by atoms with Crippen LogP contribution in [0.15, 0.2) is 0 Å². The number of aliphatic carboxylic acids is 1. The monoisotopic (exact) mass is 264 g/mol. The first-order chi connectivity index (χ1) is 6.75. The highest BCUT2D eigenvalue weighted by Gasteiger charge is 2.38. The quantitative estimate of drug-likeness (QED) is 0.622. The topological polar surface area (TPSA) is 92.4 Å². The number of carbonyl (C=O) groups excluding carboxylic acids is 1. The van der Waals surface area contributed by atoms with Crippen LogP contribution in [0.25, 0.3) is 0 Å². The molecule has 0 saturated heterocycles. The first-order valence-electron chi connectivity index (χ1n) is 4.08. The number of nitrogens with one attached hydrogen (secondary N) is 1. The molecule has 0 radical (unpaired) electrons. The lowest BCUT2D eigenvalue weighted by atomic mass is 10.2. The van der Waals surface area contributed by atoms with Crippen molar-refractivity contribution in [1.29, 1.82) is 0 Å². The van der Waals surface area contributed by atoms with Crippen LogP contribution in [0.4, 0.5) is 13.2 Å². The Kier molecular flexibility index (Phi) is 7.91. The van der Waals surface area contributed by atoms with Gasteiger partial charge in [-0.3, -0.25) is 9.59 Å². The van der Waals surface area contributed by atoms with Gasteiger partial charge in [0.05, 0.1) is 0 Å². The van der Waals surface area contributed by atoms with Gasteiger partial charge < -0.3 is 16.2 Å². The number of amides is 1. The Morgan fingerprint density at radius 3 is 2.25 bits per heavy atom. The predicted octanol–water partition coefficient (Wildman–Crippen LogP) is 0.279. The summed E-state index contributed by atoms with van der Waals surface area (Å²) in [5, 5.41) is 9.93. The van der Waals surface area contributed by atoms with Gasteiger partial charge in [0, 0.05) is 6.54 Å². The summed E-state index contributed by atoms with van der Waals surface area (Å²) < 4.78 is 34.9. The molecule has 1 atom stereocenters. The summed E-state index contributed by atoms with van der Waals surface area (Å²) in [4.78, 5) is 20.5. The van der Waals surface area contributed by atoms with Crippen molar-refractivity contribution in [1.82, 2.24) is 5.32 Å². The van der Waals surface area contributed by atoms with Gasteiger partial charge in [-0.2, -0.15) is 13.2 Å². The van der Waals surface area contributed by atoms with Crippen LogP contribution < -0.4 is 11.1 Å². The summed E-state index contributed by atoms with van der Waals surface area (Å²) in [7, 11) is 0. The largest absolute Gasteiger partial charge is 0.480 e. The van der Waals surface area contributed by atoms with E-state index in [2.05, 4.69) is 0 Å². The van der Waals surface area contributed by atoms with Crippen LogP contribution in [0, 0.1) is 0 Å². The van der Waals surface area contributed by atoms with E-state index in [9.17, 15) is 22.8 Å². The summed E-state index contributed by atoms with van der Waals surface area (Å²) >= 11 is 0. The van der Waals surface area contributed by atoms with Crippen LogP contribution in [-0.4, -0.2) is 35.7 Å². The molecule has 0 aromatic carbocycles. The molecule has 0 aliphatic heterocycles. The van der Waals surface area contributed by atoms with Crippen LogP contribution in [0.5, 0.6) is 0 Å². The summed E-state index contributed by atoms with van der Waals surface area (Å²) in [5.74, 6) is -3.26. The first-order valence-corrected chi connectivity index (χ1v) is 4.08. The van der Waals surface area contributed by atoms with Gasteiger partial charge in [-0.05, 0) is 12.8 Å². The van der Waals surface area contributed by atoms with Crippen molar-refractivity contribution in [3.63, 3.8) is 0 Å². The molecule has 0 aromatic rings. The lowest BCUT2D eigenvalue weighted by Gasteiger charge is -2.08. The second-order valence-electron chi connectivity index (χ2n) is 2.84. The van der Waals surface area contributed by atoms with E-state index in [0.717, 1.165) is 0 Å². The molecule has 0 rings (SSSR count). The smallest absolute Gasteiger partial charge is 0.471 e. The Balaban J connectivity index is 0. The molecular formula is C7H12ClF3N2O3. The normalized spacial score (nSPS) is 12.5. The average Bonchev–Trinajstić information content (AvgIpc) is 2.09. The van der Waals surface area contributed by atoms with Gasteiger partial charge in [0.15, 0.2) is 0 Å². The Morgan fingerprint density at radius 1 is 1.38 bits per heavy atom. The minimum atomic E-state index is -4.91. The number of carbonyl (C=O) groups is 2. The van der Waals surface area contributed by atoms with E-state index >= 15 is 0 Å². The molecule has 0 aliphatic carbocycles. The molecule has 96 valence electrons. The molecule has 16 heavy (non-hydrogen) atoms. The molecule has 1 amide bonds. The summed E-state index contributed by atoms with van der Waals surface area (Å²) in [6.07, 6.45) is -4.82. The molecule has 0 fully saturated rings. The fourth-order valence-corrected chi connectivity index (χ4v) is 0.748. The number of carboxylic acids is 1. The Labute approximate surface area is 95.6 Å². The maximum Gasteiger partial charge on any atom is 0.471 e. The molecule has 0 saturated carbocycles. The van der Waals surface area contributed by atoms with Gasteiger partial charge in [-0.25, -0.2) is 0 Å². The number of nitrogens with two attached hydrogens (primary N) is 1. The van der Waals surface area contributed by atoms with Crippen molar-refractivity contribution in [2.24, 2.45) is 5.73 Å². The van der Waals surface area contributed by atoms with E-state index in [0.29, 0.717) is 0 Å². The molecule has 5 nitrogen and oxygen atoms in total. The van der Waals surface area contributed by atoms with Crippen molar-refractivity contribution in [2.45, 2.75) is 25.1 Å². The van der Waals surface area contributed by atoms with E-state index in [4.69, 9.17) is 10.8 Å². The first kappa shape index (κ1) is 17.4.